The predicted molar refractivity (Wildman–Crippen MR) is 137 cm³/mol. The van der Waals surface area contributed by atoms with Crippen LogP contribution in [-0.4, -0.2) is 20.7 Å². The van der Waals surface area contributed by atoms with Crippen molar-refractivity contribution >= 4 is 17.5 Å². The first-order valence-corrected chi connectivity index (χ1v) is 12.5. The summed E-state index contributed by atoms with van der Waals surface area (Å²) in [6.07, 6.45) is 5.06. The van der Waals surface area contributed by atoms with Crippen molar-refractivity contribution in [1.82, 2.24) is 20.1 Å². The second kappa shape index (κ2) is 10.7. The van der Waals surface area contributed by atoms with Gasteiger partial charge in [-0.05, 0) is 73.6 Å². The highest BCUT2D eigenvalue weighted by Crippen LogP contribution is 2.30. The molecule has 0 bridgehead atoms. The van der Waals surface area contributed by atoms with E-state index in [4.69, 9.17) is 11.6 Å². The van der Waals surface area contributed by atoms with Crippen LogP contribution in [0.15, 0.2) is 65.6 Å². The molecule has 5 rings (SSSR count). The number of fused-ring (bicyclic) bond motifs is 1. The van der Waals surface area contributed by atoms with Gasteiger partial charge >= 0.3 is 0 Å². The Balaban J connectivity index is 1.48. The number of rotatable bonds is 7. The first-order valence-electron chi connectivity index (χ1n) is 12.1. The predicted octanol–water partition coefficient (Wildman–Crippen LogP) is 5.15. The smallest absolute Gasteiger partial charge is 0.267 e. The number of nitrogens with zero attached hydrogens (tertiary/aromatic N) is 2. The van der Waals surface area contributed by atoms with Crippen molar-refractivity contribution in [3.05, 3.63) is 110 Å². The Labute approximate surface area is 217 Å². The maximum absolute atomic E-state index is 14.0. The number of H-pyrrole nitrogens is 1. The number of halogens is 3. The second-order valence-corrected chi connectivity index (χ2v) is 9.64. The van der Waals surface area contributed by atoms with Gasteiger partial charge in [0.1, 0.15) is 18.2 Å². The van der Waals surface area contributed by atoms with E-state index in [0.717, 1.165) is 47.7 Å². The van der Waals surface area contributed by atoms with Gasteiger partial charge in [-0.2, -0.15) is 0 Å². The minimum absolute atomic E-state index is 0.0816. The lowest BCUT2D eigenvalue weighted by Gasteiger charge is -2.22. The van der Waals surface area contributed by atoms with Crippen molar-refractivity contribution in [1.29, 1.82) is 0 Å². The highest BCUT2D eigenvalue weighted by molar-refractivity contribution is 6.30. The zero-order chi connectivity index (χ0) is 25.9. The Morgan fingerprint density at radius 2 is 1.81 bits per heavy atom. The number of nitrogens with one attached hydrogen (secondary N) is 2. The van der Waals surface area contributed by atoms with Crippen LogP contribution in [0.1, 0.15) is 41.4 Å². The Morgan fingerprint density at radius 3 is 2.57 bits per heavy atom. The van der Waals surface area contributed by atoms with Crippen LogP contribution in [0, 0.1) is 11.6 Å². The SMILES string of the molecule is O=C(Cn1[nH]c(=O)c2c1CCCC2)N[C@@H](Cc1cc(F)cc(F)c1)c1ncccc1-c1ccc(Cl)cc1. The van der Waals surface area contributed by atoms with Crippen molar-refractivity contribution in [2.24, 2.45) is 0 Å². The molecule has 6 nitrogen and oxygen atoms in total. The third-order valence-corrected chi connectivity index (χ3v) is 6.85. The summed E-state index contributed by atoms with van der Waals surface area (Å²) in [4.78, 5) is 30.2. The lowest BCUT2D eigenvalue weighted by Crippen LogP contribution is -2.34. The molecule has 0 saturated heterocycles. The molecule has 2 aromatic heterocycles. The number of benzene rings is 2. The van der Waals surface area contributed by atoms with Gasteiger partial charge in [0.05, 0.1) is 11.7 Å². The number of amides is 1. The molecule has 0 fully saturated rings. The highest BCUT2D eigenvalue weighted by Gasteiger charge is 2.24. The van der Waals surface area contributed by atoms with E-state index in [0.29, 0.717) is 22.7 Å². The number of carbonyl (C=O) groups excluding carboxylic acids is 1. The fourth-order valence-electron chi connectivity index (χ4n) is 4.96. The summed E-state index contributed by atoms with van der Waals surface area (Å²) in [7, 11) is 0. The van der Waals surface area contributed by atoms with Gasteiger partial charge in [-0.1, -0.05) is 29.8 Å². The van der Waals surface area contributed by atoms with Gasteiger partial charge < -0.3 is 5.32 Å². The van der Waals surface area contributed by atoms with Crippen molar-refractivity contribution in [3.63, 3.8) is 0 Å². The third-order valence-electron chi connectivity index (χ3n) is 6.60. The van der Waals surface area contributed by atoms with Gasteiger partial charge in [-0.15, -0.1) is 0 Å². The van der Waals surface area contributed by atoms with E-state index < -0.39 is 17.7 Å². The zero-order valence-corrected chi connectivity index (χ0v) is 20.7. The van der Waals surface area contributed by atoms with Crippen LogP contribution in [0.2, 0.25) is 5.02 Å². The Hall–Kier alpha value is -3.78. The normalized spacial score (nSPS) is 13.7. The molecule has 0 spiro atoms. The number of aromatic nitrogens is 3. The standard InChI is InChI=1S/C28H25ClF2N4O2/c29-19-9-7-18(8-10-19)22-5-3-11-32-27(22)24(14-17-12-20(30)15-21(31)13-17)33-26(36)16-35-25-6-2-1-4-23(25)28(37)34-35/h3,5,7-13,15,24H,1-2,4,6,14,16H2,(H,33,36)(H,34,37)/t24-/m0/s1. The van der Waals surface area contributed by atoms with Crippen LogP contribution >= 0.6 is 11.6 Å². The molecule has 2 heterocycles. The van der Waals surface area contributed by atoms with Crippen LogP contribution in [0.25, 0.3) is 11.1 Å². The Bertz CT molecular complexity index is 1480. The van der Waals surface area contributed by atoms with E-state index in [2.05, 4.69) is 15.4 Å². The highest BCUT2D eigenvalue weighted by atomic mass is 35.5. The van der Waals surface area contributed by atoms with E-state index in [1.165, 1.54) is 12.1 Å². The summed E-state index contributed by atoms with van der Waals surface area (Å²) < 4.78 is 29.6. The summed E-state index contributed by atoms with van der Waals surface area (Å²) in [5, 5.41) is 6.35. The van der Waals surface area contributed by atoms with Gasteiger partial charge in [0.15, 0.2) is 0 Å². The average molecular weight is 523 g/mol. The lowest BCUT2D eigenvalue weighted by atomic mass is 9.95. The Kier molecular flexibility index (Phi) is 7.19. The van der Waals surface area contributed by atoms with Crippen LogP contribution in [0.5, 0.6) is 0 Å². The molecule has 1 amide bonds. The first-order chi connectivity index (χ1) is 17.9. The largest absolute Gasteiger partial charge is 0.346 e. The van der Waals surface area contributed by atoms with Gasteiger partial charge in [-0.3, -0.25) is 24.4 Å². The van der Waals surface area contributed by atoms with Crippen molar-refractivity contribution in [2.75, 3.05) is 0 Å². The monoisotopic (exact) mass is 522 g/mol. The maximum Gasteiger partial charge on any atom is 0.267 e. The summed E-state index contributed by atoms with van der Waals surface area (Å²) in [6, 6.07) is 13.5. The molecule has 2 aromatic carbocycles. The number of hydrogen-bond donors (Lipinski definition) is 2. The molecule has 9 heteroatoms. The number of aromatic amines is 1. The molecule has 4 aromatic rings. The number of carbonyl (C=O) groups is 1. The van der Waals surface area contributed by atoms with Crippen LogP contribution in [0.3, 0.4) is 0 Å². The zero-order valence-electron chi connectivity index (χ0n) is 19.9. The fraction of sp³-hybridized carbons (Fsp3) is 0.250. The molecular formula is C28H25ClF2N4O2. The third kappa shape index (κ3) is 5.64. The van der Waals surface area contributed by atoms with E-state index in [1.54, 1.807) is 29.1 Å². The lowest BCUT2D eigenvalue weighted by molar-refractivity contribution is -0.122. The molecule has 0 radical (unpaired) electrons. The molecule has 190 valence electrons. The minimum Gasteiger partial charge on any atom is -0.346 e. The summed E-state index contributed by atoms with van der Waals surface area (Å²) in [6.45, 7) is -0.0816. The van der Waals surface area contributed by atoms with E-state index in [-0.39, 0.29) is 24.4 Å². The van der Waals surface area contributed by atoms with Crippen molar-refractivity contribution in [3.8, 4) is 11.1 Å². The van der Waals surface area contributed by atoms with Gasteiger partial charge in [0.25, 0.3) is 5.56 Å². The molecule has 0 aliphatic heterocycles. The Morgan fingerprint density at radius 1 is 1.08 bits per heavy atom. The minimum atomic E-state index is -0.699. The molecule has 0 unspecified atom stereocenters. The second-order valence-electron chi connectivity index (χ2n) is 9.20. The fourth-order valence-corrected chi connectivity index (χ4v) is 5.08. The summed E-state index contributed by atoms with van der Waals surface area (Å²) >= 11 is 6.07. The van der Waals surface area contributed by atoms with Gasteiger partial charge in [0, 0.05) is 34.1 Å². The van der Waals surface area contributed by atoms with Gasteiger partial charge in [-0.25, -0.2) is 8.78 Å². The molecule has 1 aliphatic carbocycles. The van der Waals surface area contributed by atoms with Crippen LogP contribution in [0.4, 0.5) is 8.78 Å². The number of pyridine rings is 1. The van der Waals surface area contributed by atoms with Gasteiger partial charge in [0.2, 0.25) is 5.91 Å². The van der Waals surface area contributed by atoms with E-state index >= 15 is 0 Å². The average Bonchev–Trinajstić information content (AvgIpc) is 3.18. The quantitative estimate of drug-likeness (QED) is 0.352. The summed E-state index contributed by atoms with van der Waals surface area (Å²) in [5.74, 6) is -1.75. The molecule has 0 saturated carbocycles. The van der Waals surface area contributed by atoms with Crippen LogP contribution < -0.4 is 10.9 Å². The molecule has 37 heavy (non-hydrogen) atoms. The molecule has 1 atom stereocenters. The van der Waals surface area contributed by atoms with E-state index in [1.807, 2.05) is 18.2 Å². The van der Waals surface area contributed by atoms with Crippen LogP contribution in [-0.2, 0) is 30.6 Å². The first kappa shape index (κ1) is 24.9. The molecular weight excluding hydrogens is 498 g/mol. The van der Waals surface area contributed by atoms with Crippen molar-refractivity contribution < 1.29 is 13.6 Å². The topological polar surface area (TPSA) is 79.8 Å². The maximum atomic E-state index is 14.0. The molecule has 2 N–H and O–H groups in total. The molecule has 1 aliphatic rings. The van der Waals surface area contributed by atoms with E-state index in [9.17, 15) is 18.4 Å². The van der Waals surface area contributed by atoms with Crippen molar-refractivity contribution in [2.45, 2.75) is 44.7 Å². The number of hydrogen-bond acceptors (Lipinski definition) is 3. The summed E-state index contributed by atoms with van der Waals surface area (Å²) in [5.41, 5.74) is 3.95.